The number of nitriles is 4. The van der Waals surface area contributed by atoms with Crippen molar-refractivity contribution < 1.29 is 30.7 Å². The Morgan fingerprint density at radius 2 is 0.448 bits per heavy atom. The molecule has 0 spiro atoms. The number of carbonyl (C=O) groups excluding carboxylic acids is 2. The summed E-state index contributed by atoms with van der Waals surface area (Å²) in [6.07, 6.45) is 0. The summed E-state index contributed by atoms with van der Waals surface area (Å²) in [6, 6.07) is 8.42. The maximum atomic E-state index is 8.15. The largest absolute Gasteiger partial charge is 0.281 e. The number of rotatable bonds is 0. The zero-order valence-corrected chi connectivity index (χ0v) is 22.9. The van der Waals surface area contributed by atoms with Gasteiger partial charge in [0.2, 0.25) is 0 Å². The summed E-state index contributed by atoms with van der Waals surface area (Å²) in [4.78, 5) is 15.0. The normalized spacial score (nSPS) is 8.83. The molecule has 7 heteroatoms. The molecule has 0 heterocycles. The van der Waals surface area contributed by atoms with Crippen molar-refractivity contribution in [1.29, 1.82) is 21.0 Å². The van der Waals surface area contributed by atoms with Gasteiger partial charge < -0.3 is 0 Å². The van der Waals surface area contributed by atoms with E-state index in [0.717, 1.165) is 0 Å². The summed E-state index contributed by atoms with van der Waals surface area (Å²) in [5, 5.41) is 32.6. The second-order valence-electron chi connectivity index (χ2n) is 9.45. The first-order valence-electron chi connectivity index (χ1n) is 8.30. The molecule has 0 saturated heterocycles. The van der Waals surface area contributed by atoms with Crippen molar-refractivity contribution in [2.45, 2.75) is 83.1 Å². The van der Waals surface area contributed by atoms with Crippen LogP contribution in [-0.4, -0.2) is 13.6 Å². The van der Waals surface area contributed by atoms with Gasteiger partial charge in [0.05, 0.1) is 24.3 Å². The molecular weight excluding hydrogens is 536 g/mol. The third-order valence-corrected chi connectivity index (χ3v) is 1.34. The van der Waals surface area contributed by atoms with Crippen molar-refractivity contribution in [2.24, 2.45) is 21.7 Å². The summed E-state index contributed by atoms with van der Waals surface area (Å²) in [6.45, 7) is 31.6. The van der Waals surface area contributed by atoms with Gasteiger partial charge in [0.15, 0.2) is 0 Å². The maximum absolute atomic E-state index is 8.15. The molecule has 0 rings (SSSR count). The van der Waals surface area contributed by atoms with Gasteiger partial charge in [0, 0.05) is 42.7 Å². The molecule has 0 aliphatic carbocycles. The zero-order chi connectivity index (χ0) is 24.8. The first kappa shape index (κ1) is 45.6. The molecule has 0 atom stereocenters. The van der Waals surface area contributed by atoms with Crippen LogP contribution in [0, 0.1) is 67.0 Å². The van der Waals surface area contributed by atoms with Crippen LogP contribution in [0.4, 0.5) is 0 Å². The summed E-state index contributed by atoms with van der Waals surface area (Å²) in [5.41, 5.74) is -0.611. The number of hydrogen-bond acceptors (Lipinski definition) is 6. The van der Waals surface area contributed by atoms with Gasteiger partial charge in [-0.3, -0.25) is 9.59 Å². The fourth-order valence-electron chi connectivity index (χ4n) is 0. The molecule has 29 heavy (non-hydrogen) atoms. The summed E-state index contributed by atoms with van der Waals surface area (Å²) < 4.78 is 0. The van der Waals surface area contributed by atoms with Crippen LogP contribution >= 0.6 is 0 Å². The fourth-order valence-corrected chi connectivity index (χ4v) is 0. The molecule has 0 bridgehead atoms. The van der Waals surface area contributed by atoms with E-state index in [4.69, 9.17) is 30.6 Å². The van der Waals surface area contributed by atoms with Crippen molar-refractivity contribution in [1.82, 2.24) is 0 Å². The number of nitrogens with zero attached hydrogens (tertiary/aromatic N) is 4. The van der Waals surface area contributed by atoms with Gasteiger partial charge in [-0.05, 0) is 83.1 Å². The minimum absolute atomic E-state index is 0. The van der Waals surface area contributed by atoms with E-state index in [9.17, 15) is 0 Å². The van der Waals surface area contributed by atoms with Gasteiger partial charge >= 0.3 is 0 Å². The molecule has 4 radical (unpaired) electrons. The van der Waals surface area contributed by atoms with Crippen LogP contribution in [0.15, 0.2) is 0 Å². The average molecular weight is 572 g/mol. The van der Waals surface area contributed by atoms with Gasteiger partial charge in [-0.1, -0.05) is 0 Å². The van der Waals surface area contributed by atoms with Crippen LogP contribution in [0.1, 0.15) is 83.1 Å². The molecule has 162 valence electrons. The molecule has 0 aromatic heterocycles. The molecule has 6 nitrogen and oxygen atoms in total. The summed E-state index contributed by atoms with van der Waals surface area (Å²) in [7, 11) is 0. The summed E-state index contributed by atoms with van der Waals surface area (Å²) >= 11 is 0. The third-order valence-electron chi connectivity index (χ3n) is 1.34. The van der Waals surface area contributed by atoms with Crippen LogP contribution in [0.25, 0.3) is 0 Å². The molecule has 0 aromatic carbocycles. The molecule has 0 aliphatic rings. The Balaban J connectivity index is -0.0000000415. The van der Waals surface area contributed by atoms with Crippen LogP contribution in [0.2, 0.25) is 0 Å². The minimum atomic E-state index is -0.153. The maximum Gasteiger partial charge on any atom is 0.281 e. The Labute approximate surface area is 194 Å². The smallest absolute Gasteiger partial charge is 0.281 e. The third kappa shape index (κ3) is 150. The Kier molecular flexibility index (Phi) is 37.8. The van der Waals surface area contributed by atoms with E-state index in [-0.39, 0.29) is 42.7 Å². The van der Waals surface area contributed by atoms with Crippen molar-refractivity contribution in [3.63, 3.8) is 0 Å². The molecule has 0 aromatic rings. The van der Waals surface area contributed by atoms with Gasteiger partial charge in [0.25, 0.3) is 13.6 Å². The van der Waals surface area contributed by atoms with Crippen molar-refractivity contribution >= 4 is 13.6 Å². The summed E-state index contributed by atoms with van der Waals surface area (Å²) in [5.74, 6) is 0. The van der Waals surface area contributed by atoms with Gasteiger partial charge in [-0.15, -0.1) is 0 Å². The van der Waals surface area contributed by atoms with Crippen LogP contribution in [0.5, 0.6) is 0 Å². The second kappa shape index (κ2) is 24.0. The van der Waals surface area contributed by atoms with E-state index in [1.165, 1.54) is 0 Å². The standard InChI is InChI=1S/4C5H9N.2CO.W/c4*1-5(2,3)4-6;2*1-2;/h4*1-3H3;;;. The molecule has 0 N–H and O–H groups in total. The van der Waals surface area contributed by atoms with E-state index in [2.05, 4.69) is 37.9 Å². The van der Waals surface area contributed by atoms with Crippen molar-refractivity contribution in [3.8, 4) is 24.3 Å². The molecule has 0 unspecified atom stereocenters. The Morgan fingerprint density at radius 3 is 0.448 bits per heavy atom. The topological polar surface area (TPSA) is 129 Å². The van der Waals surface area contributed by atoms with Crippen molar-refractivity contribution in [3.05, 3.63) is 0 Å². The predicted molar refractivity (Wildman–Crippen MR) is 112 cm³/mol. The van der Waals surface area contributed by atoms with E-state index >= 15 is 0 Å². The first-order chi connectivity index (χ1) is 12.2. The van der Waals surface area contributed by atoms with E-state index in [1.54, 1.807) is 0 Å². The number of hydrogen-bond donors (Lipinski definition) is 0. The van der Waals surface area contributed by atoms with E-state index in [1.807, 2.05) is 83.1 Å². The average Bonchev–Trinajstić information content (AvgIpc) is 2.57. The van der Waals surface area contributed by atoms with E-state index in [0.29, 0.717) is 0 Å². The first-order valence-corrected chi connectivity index (χ1v) is 8.30. The van der Waals surface area contributed by atoms with Gasteiger partial charge in [-0.25, -0.2) is 0 Å². The Bertz CT molecular complexity index is 423. The molecular formula is C22H36N4O2W. The van der Waals surface area contributed by atoms with Gasteiger partial charge in [0.1, 0.15) is 0 Å². The second-order valence-corrected chi connectivity index (χ2v) is 9.45. The fraction of sp³-hybridized carbons (Fsp3) is 0.727. The zero-order valence-electron chi connectivity index (χ0n) is 20.0. The van der Waals surface area contributed by atoms with Gasteiger partial charge in [-0.2, -0.15) is 21.0 Å². The Hall–Kier alpha value is -2.01. The van der Waals surface area contributed by atoms with Crippen molar-refractivity contribution in [2.75, 3.05) is 0 Å². The monoisotopic (exact) mass is 572 g/mol. The molecule has 0 saturated carbocycles. The minimum Gasteiger partial charge on any atom is -0.281 e. The predicted octanol–water partition coefficient (Wildman–Crippen LogP) is 5.43. The molecule has 0 fully saturated rings. The Morgan fingerprint density at radius 1 is 0.414 bits per heavy atom. The van der Waals surface area contributed by atoms with Crippen LogP contribution in [-0.2, 0) is 30.7 Å². The van der Waals surface area contributed by atoms with Crippen LogP contribution in [0.3, 0.4) is 0 Å². The van der Waals surface area contributed by atoms with E-state index < -0.39 is 0 Å². The molecule has 0 amide bonds. The SMILES string of the molecule is CC(C)(C)C#N.CC(C)(C)C#N.CC(C)(C)C#N.CC(C)(C)C#N.[C]=O.[C]=O.[W]. The van der Waals surface area contributed by atoms with Crippen LogP contribution < -0.4 is 0 Å². The molecule has 0 aliphatic heterocycles. The quantitative estimate of drug-likeness (QED) is 0.381.